The summed E-state index contributed by atoms with van der Waals surface area (Å²) in [5.74, 6) is -0.252. The number of aromatic nitrogens is 4. The van der Waals surface area contributed by atoms with Gasteiger partial charge in [-0.3, -0.25) is 14.5 Å². The van der Waals surface area contributed by atoms with Crippen molar-refractivity contribution in [2.75, 3.05) is 0 Å². The van der Waals surface area contributed by atoms with E-state index >= 15 is 0 Å². The lowest BCUT2D eigenvalue weighted by molar-refractivity contribution is 0.0946. The molecule has 0 bridgehead atoms. The number of hydrogen-bond donors (Lipinski definition) is 2. The zero-order chi connectivity index (χ0) is 22.3. The molecule has 0 saturated heterocycles. The van der Waals surface area contributed by atoms with E-state index in [0.29, 0.717) is 11.1 Å². The summed E-state index contributed by atoms with van der Waals surface area (Å²) in [7, 11) is -2.06. The monoisotopic (exact) mass is 445 g/mol. The average Bonchev–Trinajstić information content (AvgIpc) is 3.40. The highest BCUT2D eigenvalue weighted by Crippen LogP contribution is 2.27. The van der Waals surface area contributed by atoms with Crippen molar-refractivity contribution in [3.63, 3.8) is 0 Å². The zero-order valence-corrected chi connectivity index (χ0v) is 17.9. The number of carbonyl (C=O) groups excluding carboxylic acids is 1. The van der Waals surface area contributed by atoms with Crippen molar-refractivity contribution in [3.8, 4) is 0 Å². The zero-order valence-electron chi connectivity index (χ0n) is 17.1. The Morgan fingerprint density at radius 2 is 1.88 bits per heavy atom. The SMILES string of the molecule is Cn1nc(S(=O)(=O)c2ccc(CNC(=O)c3cc4cnccc4[nH]3)cc2)c2ccccc21. The molecule has 160 valence electrons. The van der Waals surface area contributed by atoms with E-state index in [1.807, 2.05) is 12.1 Å². The number of benzene rings is 2. The van der Waals surface area contributed by atoms with Crippen LogP contribution >= 0.6 is 0 Å². The van der Waals surface area contributed by atoms with Gasteiger partial charge in [-0.1, -0.05) is 24.3 Å². The Labute approximate surface area is 183 Å². The van der Waals surface area contributed by atoms with E-state index in [4.69, 9.17) is 0 Å². The van der Waals surface area contributed by atoms with Crippen LogP contribution in [0.15, 0.2) is 83.0 Å². The number of nitrogens with zero attached hydrogens (tertiary/aromatic N) is 3. The van der Waals surface area contributed by atoms with Crippen molar-refractivity contribution in [2.45, 2.75) is 16.5 Å². The molecule has 5 rings (SSSR count). The number of nitrogens with one attached hydrogen (secondary N) is 2. The second-order valence-electron chi connectivity index (χ2n) is 7.42. The lowest BCUT2D eigenvalue weighted by atomic mass is 10.2. The van der Waals surface area contributed by atoms with Crippen molar-refractivity contribution in [1.82, 2.24) is 25.1 Å². The Bertz CT molecular complexity index is 1530. The van der Waals surface area contributed by atoms with Crippen LogP contribution in [0.5, 0.6) is 0 Å². The predicted octanol–water partition coefficient (Wildman–Crippen LogP) is 3.21. The molecule has 3 aromatic heterocycles. The van der Waals surface area contributed by atoms with Crippen LogP contribution in [0, 0.1) is 0 Å². The number of H-pyrrole nitrogens is 1. The molecule has 2 N–H and O–H groups in total. The summed E-state index contributed by atoms with van der Waals surface area (Å²) in [6.07, 6.45) is 3.34. The standard InChI is InChI=1S/C23H19N5O3S/c1-28-21-5-3-2-4-18(21)23(27-28)32(30,31)17-8-6-15(7-9-17)13-25-22(29)20-12-16-14-24-11-10-19(16)26-20/h2-12,14,26H,13H2,1H3,(H,25,29). The van der Waals surface area contributed by atoms with Crippen molar-refractivity contribution in [3.05, 3.63) is 84.3 Å². The highest BCUT2D eigenvalue weighted by molar-refractivity contribution is 7.91. The van der Waals surface area contributed by atoms with E-state index < -0.39 is 9.84 Å². The molecular weight excluding hydrogens is 426 g/mol. The normalized spacial score (nSPS) is 11.8. The fraction of sp³-hybridized carbons (Fsp3) is 0.0870. The first-order valence-electron chi connectivity index (χ1n) is 9.90. The molecule has 2 aromatic carbocycles. The Kier molecular flexibility index (Phi) is 4.75. The van der Waals surface area contributed by atoms with Gasteiger partial charge in [0.2, 0.25) is 9.84 Å². The van der Waals surface area contributed by atoms with Crippen LogP contribution in [0.4, 0.5) is 0 Å². The maximum absolute atomic E-state index is 13.2. The second kappa shape index (κ2) is 7.61. The molecule has 0 spiro atoms. The van der Waals surface area contributed by atoms with Crippen molar-refractivity contribution in [1.29, 1.82) is 0 Å². The van der Waals surface area contributed by atoms with Gasteiger partial charge in [0.1, 0.15) is 5.69 Å². The van der Waals surface area contributed by atoms with E-state index in [9.17, 15) is 13.2 Å². The molecule has 0 unspecified atom stereocenters. The Hall–Kier alpha value is -3.98. The van der Waals surface area contributed by atoms with Gasteiger partial charge in [0.05, 0.1) is 10.4 Å². The van der Waals surface area contributed by atoms with Gasteiger partial charge in [-0.05, 0) is 42.0 Å². The molecule has 9 heteroatoms. The summed E-state index contributed by atoms with van der Waals surface area (Å²) >= 11 is 0. The van der Waals surface area contributed by atoms with E-state index in [1.54, 1.807) is 60.5 Å². The molecule has 0 aliphatic rings. The molecule has 0 fully saturated rings. The first-order valence-corrected chi connectivity index (χ1v) is 11.4. The number of hydrogen-bond acceptors (Lipinski definition) is 5. The number of fused-ring (bicyclic) bond motifs is 2. The molecule has 8 nitrogen and oxygen atoms in total. The fourth-order valence-corrected chi connectivity index (χ4v) is 5.06. The molecule has 5 aromatic rings. The highest BCUT2D eigenvalue weighted by Gasteiger charge is 2.24. The number of aryl methyl sites for hydroxylation is 1. The summed E-state index contributed by atoms with van der Waals surface area (Å²) in [6.45, 7) is 0.263. The Morgan fingerprint density at radius 3 is 2.66 bits per heavy atom. The summed E-state index contributed by atoms with van der Waals surface area (Å²) in [4.78, 5) is 19.7. The quantitative estimate of drug-likeness (QED) is 0.432. The lowest BCUT2D eigenvalue weighted by Crippen LogP contribution is -2.23. The van der Waals surface area contributed by atoms with Gasteiger partial charge in [-0.15, -0.1) is 0 Å². The van der Waals surface area contributed by atoms with Crippen molar-refractivity contribution >= 4 is 37.6 Å². The summed E-state index contributed by atoms with van der Waals surface area (Å²) in [5.41, 5.74) is 2.80. The molecule has 0 aliphatic heterocycles. The van der Waals surface area contributed by atoms with Crippen LogP contribution in [0.25, 0.3) is 21.8 Å². The van der Waals surface area contributed by atoms with Crippen molar-refractivity contribution in [2.24, 2.45) is 7.05 Å². The van der Waals surface area contributed by atoms with Gasteiger partial charge in [-0.25, -0.2) is 8.42 Å². The molecule has 0 atom stereocenters. The number of sulfone groups is 1. The maximum atomic E-state index is 13.2. The summed E-state index contributed by atoms with van der Waals surface area (Å²) < 4.78 is 27.9. The van der Waals surface area contributed by atoms with E-state index in [-0.39, 0.29) is 22.4 Å². The van der Waals surface area contributed by atoms with Crippen LogP contribution in [0.2, 0.25) is 0 Å². The minimum atomic E-state index is -3.78. The summed E-state index contributed by atoms with van der Waals surface area (Å²) in [5, 5.41) is 8.54. The molecular formula is C23H19N5O3S. The van der Waals surface area contributed by atoms with E-state index in [2.05, 4.69) is 20.4 Å². The summed E-state index contributed by atoms with van der Waals surface area (Å²) in [6, 6.07) is 17.2. The fourth-order valence-electron chi connectivity index (χ4n) is 3.65. The molecule has 0 saturated carbocycles. The molecule has 3 heterocycles. The minimum absolute atomic E-state index is 0.0324. The number of pyridine rings is 1. The number of aromatic amines is 1. The predicted molar refractivity (Wildman–Crippen MR) is 120 cm³/mol. The smallest absolute Gasteiger partial charge is 0.267 e. The number of para-hydroxylation sites is 1. The molecule has 0 aliphatic carbocycles. The van der Waals surface area contributed by atoms with Gasteiger partial charge in [0.15, 0.2) is 5.03 Å². The number of rotatable bonds is 5. The Balaban J connectivity index is 1.34. The third-order valence-electron chi connectivity index (χ3n) is 5.33. The number of amides is 1. The van der Waals surface area contributed by atoms with Gasteiger partial charge in [0.25, 0.3) is 5.91 Å². The van der Waals surface area contributed by atoms with Crippen LogP contribution < -0.4 is 5.32 Å². The average molecular weight is 446 g/mol. The topological polar surface area (TPSA) is 110 Å². The molecule has 1 amide bonds. The van der Waals surface area contributed by atoms with Crippen LogP contribution in [-0.4, -0.2) is 34.1 Å². The van der Waals surface area contributed by atoms with Crippen molar-refractivity contribution < 1.29 is 13.2 Å². The van der Waals surface area contributed by atoms with Crippen LogP contribution in [0.1, 0.15) is 16.1 Å². The van der Waals surface area contributed by atoms with E-state index in [0.717, 1.165) is 22.0 Å². The molecule has 0 radical (unpaired) electrons. The van der Waals surface area contributed by atoms with Gasteiger partial charge < -0.3 is 10.3 Å². The second-order valence-corrected chi connectivity index (χ2v) is 9.29. The van der Waals surface area contributed by atoms with Gasteiger partial charge >= 0.3 is 0 Å². The maximum Gasteiger partial charge on any atom is 0.267 e. The van der Waals surface area contributed by atoms with Gasteiger partial charge in [0, 0.05) is 42.3 Å². The third-order valence-corrected chi connectivity index (χ3v) is 7.03. The highest BCUT2D eigenvalue weighted by atomic mass is 32.2. The lowest BCUT2D eigenvalue weighted by Gasteiger charge is -2.06. The van der Waals surface area contributed by atoms with Gasteiger partial charge in [-0.2, -0.15) is 5.10 Å². The third kappa shape index (κ3) is 3.42. The molecule has 32 heavy (non-hydrogen) atoms. The first kappa shape index (κ1) is 20.0. The largest absolute Gasteiger partial charge is 0.350 e. The first-order chi connectivity index (χ1) is 15.4. The Morgan fingerprint density at radius 1 is 1.09 bits per heavy atom. The number of carbonyl (C=O) groups is 1. The van der Waals surface area contributed by atoms with Crippen LogP contribution in [-0.2, 0) is 23.4 Å². The van der Waals surface area contributed by atoms with Crippen LogP contribution in [0.3, 0.4) is 0 Å². The van der Waals surface area contributed by atoms with E-state index in [1.165, 1.54) is 12.1 Å². The minimum Gasteiger partial charge on any atom is -0.350 e.